The van der Waals surface area contributed by atoms with E-state index in [9.17, 15) is 0 Å². The summed E-state index contributed by atoms with van der Waals surface area (Å²) in [6, 6.07) is 21.6. The zero-order chi connectivity index (χ0) is 13.9. The molecule has 0 radical (unpaired) electrons. The quantitative estimate of drug-likeness (QED) is 0.707. The summed E-state index contributed by atoms with van der Waals surface area (Å²) < 4.78 is 0. The van der Waals surface area contributed by atoms with Gasteiger partial charge in [0.25, 0.3) is 0 Å². The molecule has 0 aliphatic heterocycles. The average molecular weight is 279 g/mol. The number of halogens is 1. The van der Waals surface area contributed by atoms with Crippen LogP contribution in [0.5, 0.6) is 0 Å². The number of benzene rings is 3. The molecule has 3 aromatic rings. The van der Waals surface area contributed by atoms with Crippen LogP contribution in [0, 0.1) is 11.3 Å². The lowest BCUT2D eigenvalue weighted by molar-refractivity contribution is 1.46. The van der Waals surface area contributed by atoms with E-state index in [-0.39, 0.29) is 0 Å². The van der Waals surface area contributed by atoms with Crippen LogP contribution in [-0.4, -0.2) is 0 Å². The number of nitrogens with zero attached hydrogens (tertiary/aromatic N) is 1. The van der Waals surface area contributed by atoms with Gasteiger partial charge in [-0.15, -0.1) is 0 Å². The SMILES string of the molecule is N#Cc1ccc(Cl)cc1Nc1ccc2ccccc2c1. The molecule has 96 valence electrons. The van der Waals surface area contributed by atoms with Crippen molar-refractivity contribution in [1.29, 1.82) is 5.26 Å². The summed E-state index contributed by atoms with van der Waals surface area (Å²) in [5, 5.41) is 15.3. The second-order valence-corrected chi connectivity index (χ2v) is 4.93. The number of nitriles is 1. The molecule has 2 nitrogen and oxygen atoms in total. The molecular formula is C17H11ClN2. The minimum atomic E-state index is 0.572. The average Bonchev–Trinajstić information content (AvgIpc) is 2.47. The van der Waals surface area contributed by atoms with Gasteiger partial charge in [0, 0.05) is 10.7 Å². The number of fused-ring (bicyclic) bond motifs is 1. The van der Waals surface area contributed by atoms with Gasteiger partial charge in [-0.1, -0.05) is 41.9 Å². The van der Waals surface area contributed by atoms with Crippen molar-refractivity contribution >= 4 is 33.7 Å². The predicted octanol–water partition coefficient (Wildman–Crippen LogP) is 5.11. The first-order valence-electron chi connectivity index (χ1n) is 6.22. The maximum absolute atomic E-state index is 9.13. The van der Waals surface area contributed by atoms with Crippen LogP contribution in [0.25, 0.3) is 10.8 Å². The lowest BCUT2D eigenvalue weighted by Gasteiger charge is -2.09. The van der Waals surface area contributed by atoms with Crippen molar-refractivity contribution in [2.24, 2.45) is 0 Å². The zero-order valence-electron chi connectivity index (χ0n) is 10.6. The summed E-state index contributed by atoms with van der Waals surface area (Å²) in [4.78, 5) is 0. The fourth-order valence-corrected chi connectivity index (χ4v) is 2.31. The predicted molar refractivity (Wildman–Crippen MR) is 83.4 cm³/mol. The van der Waals surface area contributed by atoms with Crippen LogP contribution >= 0.6 is 11.6 Å². The number of anilines is 2. The summed E-state index contributed by atoms with van der Waals surface area (Å²) in [6.07, 6.45) is 0. The summed E-state index contributed by atoms with van der Waals surface area (Å²) in [5.41, 5.74) is 2.22. The molecule has 0 bridgehead atoms. The van der Waals surface area contributed by atoms with E-state index in [0.29, 0.717) is 10.6 Å². The smallest absolute Gasteiger partial charge is 0.101 e. The van der Waals surface area contributed by atoms with Crippen molar-refractivity contribution in [3.63, 3.8) is 0 Å². The van der Waals surface area contributed by atoms with Crippen LogP contribution in [0.1, 0.15) is 5.56 Å². The van der Waals surface area contributed by atoms with Gasteiger partial charge in [0.2, 0.25) is 0 Å². The molecule has 0 aliphatic rings. The van der Waals surface area contributed by atoms with Gasteiger partial charge < -0.3 is 5.32 Å². The number of nitrogens with one attached hydrogen (secondary N) is 1. The Balaban J connectivity index is 2.01. The molecule has 3 aromatic carbocycles. The van der Waals surface area contributed by atoms with Gasteiger partial charge in [0.15, 0.2) is 0 Å². The van der Waals surface area contributed by atoms with E-state index >= 15 is 0 Å². The minimum Gasteiger partial charge on any atom is -0.354 e. The molecule has 0 saturated carbocycles. The molecule has 0 aromatic heterocycles. The van der Waals surface area contributed by atoms with Crippen LogP contribution < -0.4 is 5.32 Å². The molecule has 0 saturated heterocycles. The summed E-state index contributed by atoms with van der Waals surface area (Å²) in [5.74, 6) is 0. The van der Waals surface area contributed by atoms with Gasteiger partial charge in [-0.2, -0.15) is 5.26 Å². The van der Waals surface area contributed by atoms with E-state index < -0.39 is 0 Å². The Morgan fingerprint density at radius 1 is 0.900 bits per heavy atom. The highest BCUT2D eigenvalue weighted by Crippen LogP contribution is 2.26. The van der Waals surface area contributed by atoms with Gasteiger partial charge in [0.1, 0.15) is 6.07 Å². The van der Waals surface area contributed by atoms with E-state index in [4.69, 9.17) is 16.9 Å². The highest BCUT2D eigenvalue weighted by molar-refractivity contribution is 6.30. The van der Waals surface area contributed by atoms with Gasteiger partial charge in [-0.25, -0.2) is 0 Å². The minimum absolute atomic E-state index is 0.572. The first kappa shape index (κ1) is 12.5. The Morgan fingerprint density at radius 2 is 1.70 bits per heavy atom. The molecule has 0 atom stereocenters. The van der Waals surface area contributed by atoms with E-state index in [1.807, 2.05) is 24.3 Å². The third-order valence-corrected chi connectivity index (χ3v) is 3.37. The second-order valence-electron chi connectivity index (χ2n) is 4.49. The number of hydrogen-bond donors (Lipinski definition) is 1. The van der Waals surface area contributed by atoms with Gasteiger partial charge in [-0.3, -0.25) is 0 Å². The first-order chi connectivity index (χ1) is 9.76. The molecule has 0 heterocycles. The Bertz CT molecular complexity index is 819. The van der Waals surface area contributed by atoms with Crippen molar-refractivity contribution in [3.8, 4) is 6.07 Å². The monoisotopic (exact) mass is 278 g/mol. The van der Waals surface area contributed by atoms with Crippen molar-refractivity contribution in [3.05, 3.63) is 71.2 Å². The van der Waals surface area contributed by atoms with Crippen molar-refractivity contribution in [2.75, 3.05) is 5.32 Å². The van der Waals surface area contributed by atoms with Crippen molar-refractivity contribution < 1.29 is 0 Å². The Morgan fingerprint density at radius 3 is 2.50 bits per heavy atom. The van der Waals surface area contributed by atoms with Crippen LogP contribution in [0.2, 0.25) is 5.02 Å². The van der Waals surface area contributed by atoms with Crippen molar-refractivity contribution in [2.45, 2.75) is 0 Å². The lowest BCUT2D eigenvalue weighted by atomic mass is 10.1. The van der Waals surface area contributed by atoms with E-state index in [0.717, 1.165) is 16.8 Å². The van der Waals surface area contributed by atoms with Crippen molar-refractivity contribution in [1.82, 2.24) is 0 Å². The molecule has 0 aliphatic carbocycles. The summed E-state index contributed by atoms with van der Waals surface area (Å²) in [6.45, 7) is 0. The molecule has 3 rings (SSSR count). The lowest BCUT2D eigenvalue weighted by Crippen LogP contribution is -1.93. The van der Waals surface area contributed by atoms with Crippen LogP contribution in [0.4, 0.5) is 11.4 Å². The molecule has 0 fully saturated rings. The maximum Gasteiger partial charge on any atom is 0.101 e. The highest BCUT2D eigenvalue weighted by Gasteiger charge is 2.04. The number of hydrogen-bond acceptors (Lipinski definition) is 2. The zero-order valence-corrected chi connectivity index (χ0v) is 11.4. The van der Waals surface area contributed by atoms with E-state index in [1.54, 1.807) is 18.2 Å². The molecule has 20 heavy (non-hydrogen) atoms. The van der Waals surface area contributed by atoms with Gasteiger partial charge in [0.05, 0.1) is 11.3 Å². The molecular weight excluding hydrogens is 268 g/mol. The van der Waals surface area contributed by atoms with Gasteiger partial charge >= 0.3 is 0 Å². The standard InChI is InChI=1S/C17H11ClN2/c18-15-7-5-14(11-19)17(10-15)20-16-8-6-12-3-1-2-4-13(12)9-16/h1-10,20H. The fourth-order valence-electron chi connectivity index (χ4n) is 2.14. The first-order valence-corrected chi connectivity index (χ1v) is 6.59. The van der Waals surface area contributed by atoms with E-state index in [2.05, 4.69) is 29.6 Å². The molecule has 0 unspecified atom stereocenters. The fraction of sp³-hybridized carbons (Fsp3) is 0. The third kappa shape index (κ3) is 2.45. The molecule has 3 heteroatoms. The largest absolute Gasteiger partial charge is 0.354 e. The number of rotatable bonds is 2. The molecule has 0 amide bonds. The van der Waals surface area contributed by atoms with Crippen LogP contribution in [-0.2, 0) is 0 Å². The molecule has 1 N–H and O–H groups in total. The Kier molecular flexibility index (Phi) is 3.28. The van der Waals surface area contributed by atoms with E-state index in [1.165, 1.54) is 5.39 Å². The molecule has 0 spiro atoms. The maximum atomic E-state index is 9.13. The van der Waals surface area contributed by atoms with Gasteiger partial charge in [-0.05, 0) is 41.1 Å². The van der Waals surface area contributed by atoms with Crippen LogP contribution in [0.15, 0.2) is 60.7 Å². The summed E-state index contributed by atoms with van der Waals surface area (Å²) >= 11 is 5.99. The Labute approximate surface area is 122 Å². The second kappa shape index (κ2) is 5.24. The third-order valence-electron chi connectivity index (χ3n) is 3.13. The van der Waals surface area contributed by atoms with Crippen LogP contribution in [0.3, 0.4) is 0 Å². The topological polar surface area (TPSA) is 35.8 Å². The normalized spacial score (nSPS) is 10.2. The highest BCUT2D eigenvalue weighted by atomic mass is 35.5. The summed E-state index contributed by atoms with van der Waals surface area (Å²) in [7, 11) is 0. The Hall–Kier alpha value is -2.50.